The first-order valence-corrected chi connectivity index (χ1v) is 13.0. The second kappa shape index (κ2) is 9.24. The third kappa shape index (κ3) is 4.08. The van der Waals surface area contributed by atoms with Crippen LogP contribution >= 0.6 is 0 Å². The molecule has 1 saturated heterocycles. The smallest absolute Gasteiger partial charge is 0.277 e. The van der Waals surface area contributed by atoms with E-state index < -0.39 is 10.0 Å². The van der Waals surface area contributed by atoms with Gasteiger partial charge < -0.3 is 9.88 Å². The monoisotopic (exact) mass is 486 g/mol. The minimum absolute atomic E-state index is 0. The predicted molar refractivity (Wildman–Crippen MR) is 134 cm³/mol. The highest BCUT2D eigenvalue weighted by atomic mass is 32.2. The Morgan fingerprint density at radius 2 is 1.82 bits per heavy atom. The first kappa shape index (κ1) is 24.6. The number of hydrogen-bond donors (Lipinski definition) is 1. The maximum absolute atomic E-state index is 13.5. The van der Waals surface area contributed by atoms with Gasteiger partial charge in [-0.1, -0.05) is 20.8 Å². The van der Waals surface area contributed by atoms with Gasteiger partial charge in [-0.2, -0.15) is 9.40 Å². The van der Waals surface area contributed by atoms with Gasteiger partial charge in [-0.25, -0.2) is 13.4 Å². The molecular formula is C24H34N6O3S. The molecule has 5 rings (SSSR count). The first-order valence-electron chi connectivity index (χ1n) is 11.6. The van der Waals surface area contributed by atoms with Gasteiger partial charge in [0.1, 0.15) is 11.3 Å². The number of fused-ring (bicyclic) bond motifs is 2. The zero-order valence-electron chi connectivity index (χ0n) is 19.4. The van der Waals surface area contributed by atoms with E-state index in [4.69, 9.17) is 4.98 Å². The normalized spacial score (nSPS) is 17.1. The standard InChI is InChI=1S/C23H30N6O3S.CH4/c1-4-6-19-20-21(28(3)26-19)23(30)25-22(24-20)18-14-16(13-15-7-5-8-17(15)18)33(31,32)29-11-9-27(2)10-12-29;/h13-14H,4-12H2,1-3H3,(H,24,25,30);1H4. The molecule has 0 radical (unpaired) electrons. The van der Waals surface area contributed by atoms with Crippen molar-refractivity contribution in [2.75, 3.05) is 33.2 Å². The van der Waals surface area contributed by atoms with Crippen molar-refractivity contribution in [2.45, 2.75) is 51.3 Å². The largest absolute Gasteiger partial charge is 0.305 e. The molecule has 3 heterocycles. The molecule has 0 unspecified atom stereocenters. The molecule has 9 nitrogen and oxygen atoms in total. The van der Waals surface area contributed by atoms with Crippen LogP contribution in [0.4, 0.5) is 0 Å². The molecule has 10 heteroatoms. The summed E-state index contributed by atoms with van der Waals surface area (Å²) in [7, 11) is 0.117. The molecule has 1 aliphatic heterocycles. The number of aromatic amines is 1. The van der Waals surface area contributed by atoms with Crippen molar-refractivity contribution in [3.05, 3.63) is 39.3 Å². The van der Waals surface area contributed by atoms with E-state index in [9.17, 15) is 13.2 Å². The Hall–Kier alpha value is -2.56. The Labute approximate surface area is 200 Å². The minimum Gasteiger partial charge on any atom is -0.305 e. The molecule has 0 amide bonds. The maximum atomic E-state index is 13.5. The highest BCUT2D eigenvalue weighted by molar-refractivity contribution is 7.89. The van der Waals surface area contributed by atoms with E-state index in [1.54, 1.807) is 22.1 Å². The van der Waals surface area contributed by atoms with Crippen LogP contribution in [0.15, 0.2) is 21.8 Å². The third-order valence-corrected chi connectivity index (χ3v) is 8.67. The van der Waals surface area contributed by atoms with Crippen LogP contribution in [0, 0.1) is 0 Å². The Morgan fingerprint density at radius 1 is 1.09 bits per heavy atom. The molecule has 0 spiro atoms. The van der Waals surface area contributed by atoms with E-state index in [1.807, 2.05) is 13.1 Å². The molecule has 1 N–H and O–H groups in total. The molecule has 0 saturated carbocycles. The number of benzene rings is 1. The van der Waals surface area contributed by atoms with Crippen LogP contribution in [-0.2, 0) is 36.3 Å². The summed E-state index contributed by atoms with van der Waals surface area (Å²) in [4.78, 5) is 23.1. The predicted octanol–water partition coefficient (Wildman–Crippen LogP) is 2.34. The van der Waals surface area contributed by atoms with Crippen molar-refractivity contribution in [1.82, 2.24) is 29.0 Å². The van der Waals surface area contributed by atoms with Crippen LogP contribution in [0.2, 0.25) is 0 Å². The number of aromatic nitrogens is 4. The number of nitrogens with zero attached hydrogens (tertiary/aromatic N) is 5. The molecule has 0 atom stereocenters. The van der Waals surface area contributed by atoms with Gasteiger partial charge in [0.25, 0.3) is 5.56 Å². The van der Waals surface area contributed by atoms with Crippen LogP contribution in [-0.4, -0.2) is 70.6 Å². The van der Waals surface area contributed by atoms with Crippen molar-refractivity contribution in [1.29, 1.82) is 0 Å². The van der Waals surface area contributed by atoms with Crippen molar-refractivity contribution in [3.8, 4) is 11.4 Å². The summed E-state index contributed by atoms with van der Waals surface area (Å²) in [5, 5.41) is 4.50. The van der Waals surface area contributed by atoms with E-state index >= 15 is 0 Å². The number of rotatable bonds is 5. The fourth-order valence-electron chi connectivity index (χ4n) is 4.99. The molecular weight excluding hydrogens is 452 g/mol. The number of nitrogens with one attached hydrogen (secondary N) is 1. The molecule has 3 aromatic rings. The summed E-state index contributed by atoms with van der Waals surface area (Å²) in [5.74, 6) is 0.423. The lowest BCUT2D eigenvalue weighted by molar-refractivity contribution is 0.222. The third-order valence-electron chi connectivity index (χ3n) is 6.79. The summed E-state index contributed by atoms with van der Waals surface area (Å²) in [6.45, 7) is 4.44. The van der Waals surface area contributed by atoms with Gasteiger partial charge in [-0.05, 0) is 56.0 Å². The van der Waals surface area contributed by atoms with E-state index in [-0.39, 0.29) is 17.9 Å². The number of hydrogen-bond acceptors (Lipinski definition) is 6. The maximum Gasteiger partial charge on any atom is 0.277 e. The number of piperazine rings is 1. The van der Waals surface area contributed by atoms with Gasteiger partial charge >= 0.3 is 0 Å². The summed E-state index contributed by atoms with van der Waals surface area (Å²) in [6.07, 6.45) is 4.25. The highest BCUT2D eigenvalue weighted by Crippen LogP contribution is 2.35. The summed E-state index contributed by atoms with van der Waals surface area (Å²) in [5.41, 5.74) is 4.39. The van der Waals surface area contributed by atoms with Crippen molar-refractivity contribution < 1.29 is 8.42 Å². The molecule has 184 valence electrons. The van der Waals surface area contributed by atoms with Gasteiger partial charge in [-0.15, -0.1) is 0 Å². The second-order valence-electron chi connectivity index (χ2n) is 9.10. The zero-order valence-corrected chi connectivity index (χ0v) is 20.2. The average molecular weight is 487 g/mol. The van der Waals surface area contributed by atoms with E-state index in [0.29, 0.717) is 48.6 Å². The summed E-state index contributed by atoms with van der Waals surface area (Å²) < 4.78 is 30.1. The fraction of sp³-hybridized carbons (Fsp3) is 0.542. The lowest BCUT2D eigenvalue weighted by Crippen LogP contribution is -2.47. The molecule has 1 aliphatic carbocycles. The Bertz CT molecular complexity index is 1380. The molecule has 34 heavy (non-hydrogen) atoms. The van der Waals surface area contributed by atoms with E-state index in [0.717, 1.165) is 48.9 Å². The Balaban J connectivity index is 0.00000274. The van der Waals surface area contributed by atoms with Gasteiger partial charge in [0.05, 0.1) is 10.6 Å². The summed E-state index contributed by atoms with van der Waals surface area (Å²) in [6, 6.07) is 3.53. The topological polar surface area (TPSA) is 104 Å². The van der Waals surface area contributed by atoms with Crippen LogP contribution in [0.25, 0.3) is 22.4 Å². The number of H-pyrrole nitrogens is 1. The van der Waals surface area contributed by atoms with Crippen LogP contribution in [0.5, 0.6) is 0 Å². The Morgan fingerprint density at radius 3 is 2.53 bits per heavy atom. The molecule has 1 fully saturated rings. The van der Waals surface area contributed by atoms with E-state index in [2.05, 4.69) is 21.9 Å². The number of aryl methyl sites for hydroxylation is 3. The van der Waals surface area contributed by atoms with Crippen molar-refractivity contribution in [2.24, 2.45) is 7.05 Å². The number of likely N-dealkylation sites (N-methyl/N-ethyl adjacent to an activating group) is 1. The van der Waals surface area contributed by atoms with E-state index in [1.165, 1.54) is 0 Å². The Kier molecular flexibility index (Phi) is 6.67. The second-order valence-corrected chi connectivity index (χ2v) is 11.0. The van der Waals surface area contributed by atoms with Gasteiger partial charge in [0.2, 0.25) is 10.0 Å². The van der Waals surface area contributed by atoms with Crippen molar-refractivity contribution >= 4 is 21.1 Å². The lowest BCUT2D eigenvalue weighted by Gasteiger charge is -2.31. The molecule has 2 aliphatic rings. The molecule has 1 aromatic carbocycles. The zero-order chi connectivity index (χ0) is 23.3. The number of sulfonamides is 1. The van der Waals surface area contributed by atoms with Gasteiger partial charge in [0, 0.05) is 38.8 Å². The molecule has 2 aromatic heterocycles. The molecule has 0 bridgehead atoms. The lowest BCUT2D eigenvalue weighted by atomic mass is 10.0. The fourth-order valence-corrected chi connectivity index (χ4v) is 6.49. The quantitative estimate of drug-likeness (QED) is 0.594. The van der Waals surface area contributed by atoms with Gasteiger partial charge in [-0.3, -0.25) is 9.48 Å². The SMILES string of the molecule is C.CCCc1nn(C)c2c(=O)[nH]c(-c3cc(S(=O)(=O)N4CCN(C)CC4)cc4c3CCC4)nc12. The van der Waals surface area contributed by atoms with Crippen LogP contribution in [0.3, 0.4) is 0 Å². The van der Waals surface area contributed by atoms with Crippen LogP contribution in [0.1, 0.15) is 44.0 Å². The van der Waals surface area contributed by atoms with Crippen molar-refractivity contribution in [3.63, 3.8) is 0 Å². The minimum atomic E-state index is -3.63. The van der Waals surface area contributed by atoms with Gasteiger partial charge in [0.15, 0.2) is 5.52 Å². The summed E-state index contributed by atoms with van der Waals surface area (Å²) >= 11 is 0. The highest BCUT2D eigenvalue weighted by Gasteiger charge is 2.30. The van der Waals surface area contributed by atoms with Crippen LogP contribution < -0.4 is 5.56 Å². The first-order chi connectivity index (χ1) is 15.8. The average Bonchev–Trinajstić information content (AvgIpc) is 3.38.